The zero-order chi connectivity index (χ0) is 12.3. The summed E-state index contributed by atoms with van der Waals surface area (Å²) in [5.74, 6) is 0. The molecule has 0 bridgehead atoms. The first-order valence-electron chi connectivity index (χ1n) is 5.49. The summed E-state index contributed by atoms with van der Waals surface area (Å²) >= 11 is 0. The zero-order valence-electron chi connectivity index (χ0n) is 9.67. The predicted molar refractivity (Wildman–Crippen MR) is 66.1 cm³/mol. The molecular formula is C13H14N2O2. The fourth-order valence-corrected chi connectivity index (χ4v) is 1.71. The highest BCUT2D eigenvalue weighted by molar-refractivity contribution is 5.14. The van der Waals surface area contributed by atoms with Crippen molar-refractivity contribution in [2.75, 3.05) is 0 Å². The number of benzene rings is 1. The topological polar surface area (TPSA) is 44.0 Å². The van der Waals surface area contributed by atoms with Crippen LogP contribution >= 0.6 is 0 Å². The summed E-state index contributed by atoms with van der Waals surface area (Å²) in [5, 5.41) is 0. The second kappa shape index (κ2) is 4.82. The minimum Gasteiger partial charge on any atom is -0.303 e. The lowest BCUT2D eigenvalue weighted by molar-refractivity contribution is 0.590. The number of rotatable bonds is 3. The molecule has 0 saturated carbocycles. The summed E-state index contributed by atoms with van der Waals surface area (Å²) in [6, 6.07) is 11.2. The number of hydrogen-bond donors (Lipinski definition) is 0. The lowest BCUT2D eigenvalue weighted by Crippen LogP contribution is -2.38. The quantitative estimate of drug-likeness (QED) is 0.782. The summed E-state index contributed by atoms with van der Waals surface area (Å²) in [6.45, 7) is 0.413. The summed E-state index contributed by atoms with van der Waals surface area (Å²) in [4.78, 5) is 23.3. The standard InChI is InChI=1S/C13H14N2O2/c1-14-9-8-12(16)15(13(14)17)10-7-11-5-3-2-4-6-11/h2-6,8-9H,7,10H2,1H3. The predicted octanol–water partition coefficient (Wildman–Crippen LogP) is 0.790. The maximum atomic E-state index is 11.7. The molecule has 1 aromatic heterocycles. The van der Waals surface area contributed by atoms with Crippen molar-refractivity contribution in [2.45, 2.75) is 13.0 Å². The van der Waals surface area contributed by atoms with Gasteiger partial charge in [-0.3, -0.25) is 9.36 Å². The van der Waals surface area contributed by atoms with E-state index in [0.29, 0.717) is 13.0 Å². The molecular weight excluding hydrogens is 216 g/mol. The lowest BCUT2D eigenvalue weighted by atomic mass is 10.1. The van der Waals surface area contributed by atoms with Gasteiger partial charge in [-0.2, -0.15) is 0 Å². The molecule has 17 heavy (non-hydrogen) atoms. The molecule has 0 aliphatic carbocycles. The molecule has 1 heterocycles. The highest BCUT2D eigenvalue weighted by Crippen LogP contribution is 1.99. The van der Waals surface area contributed by atoms with Crippen LogP contribution in [0.5, 0.6) is 0 Å². The van der Waals surface area contributed by atoms with Crippen LogP contribution in [0, 0.1) is 0 Å². The summed E-state index contributed by atoms with van der Waals surface area (Å²) < 4.78 is 2.67. The van der Waals surface area contributed by atoms with E-state index in [4.69, 9.17) is 0 Å². The van der Waals surface area contributed by atoms with Crippen LogP contribution in [0.15, 0.2) is 52.2 Å². The molecule has 4 heteroatoms. The van der Waals surface area contributed by atoms with Crippen LogP contribution in [0.3, 0.4) is 0 Å². The number of nitrogens with zero attached hydrogens (tertiary/aromatic N) is 2. The third-order valence-corrected chi connectivity index (χ3v) is 2.71. The molecule has 0 aliphatic rings. The number of aromatic nitrogens is 2. The van der Waals surface area contributed by atoms with Crippen LogP contribution in [0.25, 0.3) is 0 Å². The Balaban J connectivity index is 2.23. The second-order valence-corrected chi connectivity index (χ2v) is 3.93. The van der Waals surface area contributed by atoms with Crippen molar-refractivity contribution < 1.29 is 0 Å². The van der Waals surface area contributed by atoms with Crippen LogP contribution in [0.2, 0.25) is 0 Å². The Morgan fingerprint density at radius 1 is 1.06 bits per heavy atom. The summed E-state index contributed by atoms with van der Waals surface area (Å²) in [6.07, 6.45) is 2.17. The van der Waals surface area contributed by atoms with Crippen LogP contribution < -0.4 is 11.2 Å². The van der Waals surface area contributed by atoms with Crippen LogP contribution in [-0.2, 0) is 20.0 Å². The van der Waals surface area contributed by atoms with Gasteiger partial charge in [0.2, 0.25) is 0 Å². The first-order valence-corrected chi connectivity index (χ1v) is 5.49. The van der Waals surface area contributed by atoms with Gasteiger partial charge in [0.25, 0.3) is 5.56 Å². The number of hydrogen-bond acceptors (Lipinski definition) is 2. The third kappa shape index (κ3) is 2.53. The maximum Gasteiger partial charge on any atom is 0.330 e. The van der Waals surface area contributed by atoms with Crippen LogP contribution in [-0.4, -0.2) is 9.13 Å². The highest BCUT2D eigenvalue weighted by atomic mass is 16.2. The minimum absolute atomic E-state index is 0.246. The van der Waals surface area contributed by atoms with E-state index in [0.717, 1.165) is 5.56 Å². The van der Waals surface area contributed by atoms with Gasteiger partial charge >= 0.3 is 5.69 Å². The Labute approximate surface area is 98.8 Å². The van der Waals surface area contributed by atoms with E-state index >= 15 is 0 Å². The van der Waals surface area contributed by atoms with Gasteiger partial charge in [-0.25, -0.2) is 4.79 Å². The van der Waals surface area contributed by atoms with Gasteiger partial charge in [-0.05, 0) is 12.0 Å². The van der Waals surface area contributed by atoms with Crippen molar-refractivity contribution in [1.82, 2.24) is 9.13 Å². The fourth-order valence-electron chi connectivity index (χ4n) is 1.71. The molecule has 88 valence electrons. The second-order valence-electron chi connectivity index (χ2n) is 3.93. The molecule has 0 radical (unpaired) electrons. The minimum atomic E-state index is -0.270. The van der Waals surface area contributed by atoms with Crippen LogP contribution in [0.1, 0.15) is 5.56 Å². The Kier molecular flexibility index (Phi) is 3.23. The van der Waals surface area contributed by atoms with Crippen molar-refractivity contribution in [2.24, 2.45) is 7.05 Å². The molecule has 0 unspecified atom stereocenters. The molecule has 0 N–H and O–H groups in total. The summed E-state index contributed by atoms with van der Waals surface area (Å²) in [5.41, 5.74) is 0.600. The van der Waals surface area contributed by atoms with Crippen molar-refractivity contribution in [3.8, 4) is 0 Å². The van der Waals surface area contributed by atoms with Gasteiger partial charge < -0.3 is 4.57 Å². The van der Waals surface area contributed by atoms with Crippen molar-refractivity contribution in [1.29, 1.82) is 0 Å². The zero-order valence-corrected chi connectivity index (χ0v) is 9.67. The average molecular weight is 230 g/mol. The molecule has 2 rings (SSSR count). The van der Waals surface area contributed by atoms with E-state index in [1.807, 2.05) is 30.3 Å². The molecule has 0 aliphatic heterocycles. The van der Waals surface area contributed by atoms with E-state index in [1.165, 1.54) is 21.4 Å². The number of aryl methyl sites for hydroxylation is 2. The average Bonchev–Trinajstić information content (AvgIpc) is 2.35. The van der Waals surface area contributed by atoms with E-state index in [2.05, 4.69) is 0 Å². The van der Waals surface area contributed by atoms with E-state index < -0.39 is 0 Å². The first-order chi connectivity index (χ1) is 8.18. The molecule has 1 aromatic carbocycles. The van der Waals surface area contributed by atoms with Gasteiger partial charge in [0, 0.05) is 25.9 Å². The molecule has 0 amide bonds. The van der Waals surface area contributed by atoms with E-state index in [1.54, 1.807) is 7.05 Å². The van der Waals surface area contributed by atoms with Crippen molar-refractivity contribution in [3.05, 3.63) is 69.0 Å². The molecule has 4 nitrogen and oxygen atoms in total. The van der Waals surface area contributed by atoms with Gasteiger partial charge in [-0.15, -0.1) is 0 Å². The van der Waals surface area contributed by atoms with Gasteiger partial charge in [0.15, 0.2) is 0 Å². The van der Waals surface area contributed by atoms with Gasteiger partial charge in [-0.1, -0.05) is 30.3 Å². The largest absolute Gasteiger partial charge is 0.330 e. The lowest BCUT2D eigenvalue weighted by Gasteiger charge is -2.06. The maximum absolute atomic E-state index is 11.7. The molecule has 0 fully saturated rings. The molecule has 0 spiro atoms. The summed E-state index contributed by atoms with van der Waals surface area (Å²) in [7, 11) is 1.64. The normalized spacial score (nSPS) is 10.4. The van der Waals surface area contributed by atoms with E-state index in [9.17, 15) is 9.59 Å². The first kappa shape index (κ1) is 11.4. The molecule has 0 saturated heterocycles. The Hall–Kier alpha value is -2.10. The molecule has 0 atom stereocenters. The third-order valence-electron chi connectivity index (χ3n) is 2.71. The highest BCUT2D eigenvalue weighted by Gasteiger charge is 2.02. The SMILES string of the molecule is Cn1ccc(=O)n(CCc2ccccc2)c1=O. The fraction of sp³-hybridized carbons (Fsp3) is 0.231. The van der Waals surface area contributed by atoms with Gasteiger partial charge in [0.1, 0.15) is 0 Å². The van der Waals surface area contributed by atoms with Crippen molar-refractivity contribution in [3.63, 3.8) is 0 Å². The Morgan fingerprint density at radius 3 is 2.47 bits per heavy atom. The van der Waals surface area contributed by atoms with E-state index in [-0.39, 0.29) is 11.2 Å². The van der Waals surface area contributed by atoms with Gasteiger partial charge in [0.05, 0.1) is 0 Å². The smallest absolute Gasteiger partial charge is 0.303 e. The molecule has 2 aromatic rings. The Morgan fingerprint density at radius 2 is 1.76 bits per heavy atom. The monoisotopic (exact) mass is 230 g/mol. The van der Waals surface area contributed by atoms with Crippen molar-refractivity contribution >= 4 is 0 Å². The van der Waals surface area contributed by atoms with Crippen LogP contribution in [0.4, 0.5) is 0 Å². The Bertz CT molecular complexity index is 611.